The van der Waals surface area contributed by atoms with Gasteiger partial charge in [-0.2, -0.15) is 0 Å². The fourth-order valence-corrected chi connectivity index (χ4v) is 5.32. The number of amides is 2. The fraction of sp³-hybridized carbons (Fsp3) is 0.400. The van der Waals surface area contributed by atoms with Gasteiger partial charge in [0, 0.05) is 24.9 Å². The minimum atomic E-state index is -1.85. The molecule has 4 atom stereocenters. The van der Waals surface area contributed by atoms with Crippen molar-refractivity contribution < 1.29 is 129 Å². The number of carbonyl (C=O) groups is 6. The van der Waals surface area contributed by atoms with Crippen molar-refractivity contribution in [2.45, 2.75) is 51.0 Å². The molecule has 2 aromatic rings. The van der Waals surface area contributed by atoms with Crippen molar-refractivity contribution in [3.05, 3.63) is 71.8 Å². The van der Waals surface area contributed by atoms with Gasteiger partial charge >= 0.3 is 83.2 Å². The van der Waals surface area contributed by atoms with Crippen LogP contribution in [0.15, 0.2) is 60.7 Å². The normalized spacial score (nSPS) is 21.5. The van der Waals surface area contributed by atoms with Crippen molar-refractivity contribution in [2.24, 2.45) is 11.8 Å². The van der Waals surface area contributed by atoms with Gasteiger partial charge in [0.2, 0.25) is 0 Å². The van der Waals surface area contributed by atoms with Crippen LogP contribution in [0.2, 0.25) is 0 Å². The molecule has 2 amide bonds. The van der Waals surface area contributed by atoms with E-state index < -0.39 is 71.8 Å². The molecule has 0 saturated carbocycles. The zero-order chi connectivity index (χ0) is 32.7. The molecule has 2 aromatic carbocycles. The molecule has 0 aromatic heterocycles. The van der Waals surface area contributed by atoms with Crippen LogP contribution in [0.3, 0.4) is 0 Å². The van der Waals surface area contributed by atoms with Gasteiger partial charge < -0.3 is 50.4 Å². The first-order valence-corrected chi connectivity index (χ1v) is 13.6. The number of benzene rings is 2. The third-order valence-electron chi connectivity index (χ3n) is 7.91. The van der Waals surface area contributed by atoms with Gasteiger partial charge in [0.1, 0.15) is 24.3 Å². The summed E-state index contributed by atoms with van der Waals surface area (Å²) < 4.78 is 10.1. The first-order chi connectivity index (χ1) is 20.7. The molecule has 0 spiro atoms. The summed E-state index contributed by atoms with van der Waals surface area (Å²) in [6.45, 7) is 3.35. The summed E-state index contributed by atoms with van der Waals surface area (Å²) in [5, 5.41) is 40.7. The third kappa shape index (κ3) is 10.4. The van der Waals surface area contributed by atoms with E-state index in [0.717, 1.165) is 20.9 Å². The Balaban J connectivity index is 0. The van der Waals surface area contributed by atoms with Crippen molar-refractivity contribution >= 4 is 36.1 Å². The topological polar surface area (TPSA) is 277 Å². The maximum absolute atomic E-state index is 12.1. The number of carboxylic acid groups (broad SMARTS) is 4. The zero-order valence-electron chi connectivity index (χ0n) is 27.0. The minimum Gasteiger partial charge on any atom is -0.548 e. The van der Waals surface area contributed by atoms with E-state index in [4.69, 9.17) is 19.7 Å². The van der Waals surface area contributed by atoms with Crippen molar-refractivity contribution in [2.75, 3.05) is 13.1 Å². The summed E-state index contributed by atoms with van der Waals surface area (Å²) in [6.07, 6.45) is -3.13. The Hall–Kier alpha value is -3.22. The minimum absolute atomic E-state index is 0. The van der Waals surface area contributed by atoms with E-state index in [0.29, 0.717) is 0 Å². The number of nitrogens with zero attached hydrogens (tertiary/aromatic N) is 2. The van der Waals surface area contributed by atoms with Crippen molar-refractivity contribution in [1.82, 2.24) is 9.80 Å². The second-order valence-corrected chi connectivity index (χ2v) is 10.7. The fourth-order valence-electron chi connectivity index (χ4n) is 5.32. The molecule has 2 fully saturated rings. The number of ether oxygens (including phenoxy) is 2. The summed E-state index contributed by atoms with van der Waals surface area (Å²) in [5.74, 6) is -6.81. The Bertz CT molecular complexity index is 1290. The Morgan fingerprint density at radius 1 is 0.667 bits per heavy atom. The van der Waals surface area contributed by atoms with Gasteiger partial charge in [0.05, 0.1) is 24.8 Å². The van der Waals surface area contributed by atoms with Crippen LogP contribution in [0.25, 0.3) is 0 Å². The van der Waals surface area contributed by atoms with Crippen molar-refractivity contribution in [3.63, 3.8) is 0 Å². The average molecular weight is 695 g/mol. The molecule has 2 aliphatic heterocycles. The van der Waals surface area contributed by atoms with E-state index in [9.17, 15) is 39.0 Å². The van der Waals surface area contributed by atoms with Crippen LogP contribution in [0.4, 0.5) is 9.59 Å². The first kappa shape index (κ1) is 46.9. The summed E-state index contributed by atoms with van der Waals surface area (Å²) in [5.41, 5.74) is -2.19. The predicted molar refractivity (Wildman–Crippen MR) is 152 cm³/mol. The molecule has 4 rings (SSSR count). The summed E-state index contributed by atoms with van der Waals surface area (Å²) in [6, 6.07) is 17.8. The molecule has 0 bridgehead atoms. The van der Waals surface area contributed by atoms with Crippen molar-refractivity contribution in [1.29, 1.82) is 0 Å². The van der Waals surface area contributed by atoms with Gasteiger partial charge in [0.25, 0.3) is 0 Å². The van der Waals surface area contributed by atoms with Crippen molar-refractivity contribution in [3.8, 4) is 0 Å². The van der Waals surface area contributed by atoms with E-state index in [1.54, 1.807) is 62.4 Å². The third-order valence-corrected chi connectivity index (χ3v) is 7.91. The molecular weight excluding hydrogens is 658 g/mol. The Morgan fingerprint density at radius 2 is 0.958 bits per heavy atom. The van der Waals surface area contributed by atoms with Crippen LogP contribution in [-0.2, 0) is 41.9 Å². The number of rotatable bonds is 10. The van der Waals surface area contributed by atoms with Crippen LogP contribution in [-0.4, -0.2) is 91.2 Å². The number of aliphatic carboxylic acids is 4. The molecule has 0 unspecified atom stereocenters. The molecule has 0 aliphatic carbocycles. The monoisotopic (exact) mass is 694 g/mol. The SMILES string of the molecule is C[C@H]1CN(C(=O)OCc2ccccc2)[C@@]1(CC(=O)O)C(=O)[O-].C[C@H]1CN(C(=O)OCc2ccccc2)[C@@]1(CC(=O)O)C(=O)[O-].O.O.[Na+].[Na+]. The summed E-state index contributed by atoms with van der Waals surface area (Å²) in [7, 11) is 0. The van der Waals surface area contributed by atoms with Crippen LogP contribution < -0.4 is 69.3 Å². The number of carboxylic acids is 4. The van der Waals surface area contributed by atoms with Gasteiger partial charge in [-0.1, -0.05) is 74.5 Å². The standard InChI is InChI=1S/2C15H17NO6.2Na.2H2O/c2*1-10-8-16(15(10,13(19)20)7-12(17)18)14(21)22-9-11-5-3-2-4-6-11;;;;/h2*2-6,10H,7-9H2,1H3,(H,17,18)(H,19,20);;;2*1H2/q;;2*+1;;/p-2/t2*10-,15+;;;;/m00..../s1. The molecule has 16 nitrogen and oxygen atoms in total. The number of hydrogen-bond donors (Lipinski definition) is 2. The summed E-state index contributed by atoms with van der Waals surface area (Å²) in [4.78, 5) is 70.7. The first-order valence-electron chi connectivity index (χ1n) is 13.6. The van der Waals surface area contributed by atoms with Crippen LogP contribution in [0.5, 0.6) is 0 Å². The van der Waals surface area contributed by atoms with E-state index in [1.165, 1.54) is 0 Å². The Labute approximate surface area is 320 Å². The zero-order valence-corrected chi connectivity index (χ0v) is 31.0. The second kappa shape index (κ2) is 20.3. The molecule has 2 aliphatic rings. The molecule has 18 heteroatoms. The maximum Gasteiger partial charge on any atom is 1.00 e. The molecule has 6 N–H and O–H groups in total. The Morgan fingerprint density at radius 3 is 1.19 bits per heavy atom. The van der Waals surface area contributed by atoms with Gasteiger partial charge in [0.15, 0.2) is 0 Å². The maximum atomic E-state index is 12.1. The average Bonchev–Trinajstić information content (AvgIpc) is 2.98. The van der Waals surface area contributed by atoms with Gasteiger partial charge in [-0.3, -0.25) is 19.4 Å². The molecule has 48 heavy (non-hydrogen) atoms. The smallest absolute Gasteiger partial charge is 0.548 e. The number of carbonyl (C=O) groups excluding carboxylic acids is 4. The largest absolute Gasteiger partial charge is 1.00 e. The molecule has 252 valence electrons. The number of likely N-dealkylation sites (tertiary alicyclic amines) is 2. The van der Waals surface area contributed by atoms with Crippen LogP contribution >= 0.6 is 0 Å². The van der Waals surface area contributed by atoms with Gasteiger partial charge in [-0.05, 0) is 11.1 Å². The Kier molecular flexibility index (Phi) is 19.9. The van der Waals surface area contributed by atoms with E-state index >= 15 is 0 Å². The van der Waals surface area contributed by atoms with Gasteiger partial charge in [-0.25, -0.2) is 9.59 Å². The van der Waals surface area contributed by atoms with E-state index in [-0.39, 0.29) is 96.4 Å². The molecule has 2 saturated heterocycles. The second-order valence-electron chi connectivity index (χ2n) is 10.7. The van der Waals surface area contributed by atoms with E-state index in [1.807, 2.05) is 12.1 Å². The molecule has 2 heterocycles. The number of hydrogen-bond acceptors (Lipinski definition) is 10. The van der Waals surface area contributed by atoms with Crippen LogP contribution in [0.1, 0.15) is 37.8 Å². The van der Waals surface area contributed by atoms with Crippen LogP contribution in [0, 0.1) is 11.8 Å². The van der Waals surface area contributed by atoms with Gasteiger partial charge in [-0.15, -0.1) is 0 Å². The summed E-state index contributed by atoms with van der Waals surface area (Å²) >= 11 is 0. The molecular formula is C30H36N2Na2O14. The quantitative estimate of drug-likeness (QED) is 0.220. The van der Waals surface area contributed by atoms with E-state index in [2.05, 4.69) is 0 Å². The predicted octanol–water partition coefficient (Wildman–Crippen LogP) is -7.16. The molecule has 0 radical (unpaired) electrons.